The standard InChI is InChI=1S/C13H14ClN3OS/c1-8-4-3-7-15-12(8)17-13(18)16-9(2)10-5-6-11(14)19-10/h3-7,9H,1-2H3,(H2,15,16,17,18). The van der Waals surface area contributed by atoms with Crippen molar-refractivity contribution in [2.45, 2.75) is 19.9 Å². The van der Waals surface area contributed by atoms with E-state index in [2.05, 4.69) is 15.6 Å². The van der Waals surface area contributed by atoms with Gasteiger partial charge in [0.15, 0.2) is 0 Å². The molecule has 1 unspecified atom stereocenters. The summed E-state index contributed by atoms with van der Waals surface area (Å²) in [5, 5.41) is 5.58. The number of thiophene rings is 1. The summed E-state index contributed by atoms with van der Waals surface area (Å²) in [4.78, 5) is 17.0. The zero-order valence-corrected chi connectivity index (χ0v) is 12.2. The maximum absolute atomic E-state index is 11.9. The number of aryl methyl sites for hydroxylation is 1. The molecule has 0 saturated carbocycles. The van der Waals surface area contributed by atoms with Gasteiger partial charge in [-0.1, -0.05) is 17.7 Å². The lowest BCUT2D eigenvalue weighted by Crippen LogP contribution is -2.31. The lowest BCUT2D eigenvalue weighted by molar-refractivity contribution is 0.249. The lowest BCUT2D eigenvalue weighted by Gasteiger charge is -2.13. The normalized spacial score (nSPS) is 11.9. The van der Waals surface area contributed by atoms with Crippen LogP contribution in [0.15, 0.2) is 30.5 Å². The van der Waals surface area contributed by atoms with Gasteiger partial charge in [0, 0.05) is 11.1 Å². The molecule has 1 atom stereocenters. The van der Waals surface area contributed by atoms with Crippen LogP contribution in [-0.2, 0) is 0 Å². The summed E-state index contributed by atoms with van der Waals surface area (Å²) >= 11 is 7.33. The van der Waals surface area contributed by atoms with Crippen LogP contribution in [-0.4, -0.2) is 11.0 Å². The number of anilines is 1. The minimum Gasteiger partial charge on any atom is -0.330 e. The van der Waals surface area contributed by atoms with Crippen LogP contribution in [0, 0.1) is 6.92 Å². The molecule has 0 aliphatic heterocycles. The van der Waals surface area contributed by atoms with Gasteiger partial charge in [0.05, 0.1) is 10.4 Å². The van der Waals surface area contributed by atoms with Crippen LogP contribution in [0.2, 0.25) is 4.34 Å². The summed E-state index contributed by atoms with van der Waals surface area (Å²) in [5.74, 6) is 0.566. The number of aromatic nitrogens is 1. The largest absolute Gasteiger partial charge is 0.330 e. The Morgan fingerprint density at radius 2 is 2.21 bits per heavy atom. The van der Waals surface area contributed by atoms with Crippen molar-refractivity contribution in [2.75, 3.05) is 5.32 Å². The fraction of sp³-hybridized carbons (Fsp3) is 0.231. The number of urea groups is 1. The number of carbonyl (C=O) groups excluding carboxylic acids is 1. The molecule has 0 aliphatic rings. The van der Waals surface area contributed by atoms with Crippen molar-refractivity contribution in [1.29, 1.82) is 0 Å². The third kappa shape index (κ3) is 3.68. The average Bonchev–Trinajstić information content (AvgIpc) is 2.79. The van der Waals surface area contributed by atoms with E-state index in [1.807, 2.05) is 38.1 Å². The number of pyridine rings is 1. The second-order valence-electron chi connectivity index (χ2n) is 4.13. The molecule has 19 heavy (non-hydrogen) atoms. The van der Waals surface area contributed by atoms with E-state index >= 15 is 0 Å². The van der Waals surface area contributed by atoms with Crippen molar-refractivity contribution < 1.29 is 4.79 Å². The van der Waals surface area contributed by atoms with Gasteiger partial charge < -0.3 is 5.32 Å². The van der Waals surface area contributed by atoms with Gasteiger partial charge in [-0.05, 0) is 37.6 Å². The quantitative estimate of drug-likeness (QED) is 0.899. The molecule has 100 valence electrons. The first kappa shape index (κ1) is 13.8. The van der Waals surface area contributed by atoms with Crippen LogP contribution in [0.1, 0.15) is 23.4 Å². The van der Waals surface area contributed by atoms with Crippen molar-refractivity contribution in [2.24, 2.45) is 0 Å². The number of amides is 2. The van der Waals surface area contributed by atoms with Crippen molar-refractivity contribution in [1.82, 2.24) is 10.3 Å². The number of carbonyl (C=O) groups is 1. The van der Waals surface area contributed by atoms with E-state index in [-0.39, 0.29) is 12.1 Å². The third-order valence-electron chi connectivity index (χ3n) is 2.61. The highest BCUT2D eigenvalue weighted by Gasteiger charge is 2.12. The minimum absolute atomic E-state index is 0.0958. The SMILES string of the molecule is Cc1cccnc1NC(=O)NC(C)c1ccc(Cl)s1. The molecule has 2 aromatic heterocycles. The van der Waals surface area contributed by atoms with Crippen molar-refractivity contribution in [3.8, 4) is 0 Å². The first-order chi connectivity index (χ1) is 9.06. The molecule has 0 spiro atoms. The minimum atomic E-state index is -0.279. The van der Waals surface area contributed by atoms with Crippen molar-refractivity contribution in [3.05, 3.63) is 45.2 Å². The summed E-state index contributed by atoms with van der Waals surface area (Å²) in [5.41, 5.74) is 0.921. The molecule has 4 nitrogen and oxygen atoms in total. The maximum atomic E-state index is 11.9. The maximum Gasteiger partial charge on any atom is 0.320 e. The Hall–Kier alpha value is -1.59. The van der Waals surface area contributed by atoms with Gasteiger partial charge in [0.1, 0.15) is 5.82 Å². The zero-order valence-electron chi connectivity index (χ0n) is 10.6. The van der Waals surface area contributed by atoms with Crippen LogP contribution in [0.4, 0.5) is 10.6 Å². The van der Waals surface area contributed by atoms with E-state index in [0.29, 0.717) is 10.2 Å². The first-order valence-electron chi connectivity index (χ1n) is 5.80. The highest BCUT2D eigenvalue weighted by atomic mass is 35.5. The molecule has 2 aromatic rings. The lowest BCUT2D eigenvalue weighted by atomic mass is 10.3. The van der Waals surface area contributed by atoms with E-state index in [1.165, 1.54) is 11.3 Å². The summed E-state index contributed by atoms with van der Waals surface area (Å²) in [6.07, 6.45) is 1.64. The molecule has 6 heteroatoms. The summed E-state index contributed by atoms with van der Waals surface area (Å²) in [6.45, 7) is 3.80. The number of hydrogen-bond acceptors (Lipinski definition) is 3. The van der Waals surface area contributed by atoms with Crippen LogP contribution >= 0.6 is 22.9 Å². The van der Waals surface area contributed by atoms with E-state index < -0.39 is 0 Å². The summed E-state index contributed by atoms with van der Waals surface area (Å²) in [7, 11) is 0. The second kappa shape index (κ2) is 6.04. The molecule has 0 bridgehead atoms. The Kier molecular flexibility index (Phi) is 4.39. The van der Waals surface area contributed by atoms with Crippen LogP contribution in [0.5, 0.6) is 0 Å². The summed E-state index contributed by atoms with van der Waals surface area (Å²) in [6, 6.07) is 7.07. The van der Waals surface area contributed by atoms with Gasteiger partial charge in [0.2, 0.25) is 0 Å². The van der Waals surface area contributed by atoms with Crippen LogP contribution < -0.4 is 10.6 Å². The molecule has 2 rings (SSSR count). The molecule has 2 heterocycles. The van der Waals surface area contributed by atoms with Crippen molar-refractivity contribution >= 4 is 34.8 Å². The molecule has 0 aromatic carbocycles. The molecular weight excluding hydrogens is 282 g/mol. The van der Waals surface area contributed by atoms with Crippen LogP contribution in [0.25, 0.3) is 0 Å². The first-order valence-corrected chi connectivity index (χ1v) is 7.00. The zero-order chi connectivity index (χ0) is 13.8. The molecule has 0 saturated heterocycles. The summed E-state index contributed by atoms with van der Waals surface area (Å²) < 4.78 is 0.713. The highest BCUT2D eigenvalue weighted by molar-refractivity contribution is 7.16. The number of halogens is 1. The Bertz CT molecular complexity index is 585. The fourth-order valence-corrected chi connectivity index (χ4v) is 2.65. The van der Waals surface area contributed by atoms with Gasteiger partial charge in [-0.2, -0.15) is 0 Å². The number of nitrogens with one attached hydrogen (secondary N) is 2. The number of nitrogens with zero attached hydrogens (tertiary/aromatic N) is 1. The second-order valence-corrected chi connectivity index (χ2v) is 5.88. The topological polar surface area (TPSA) is 54.0 Å². The van der Waals surface area contributed by atoms with E-state index in [1.54, 1.807) is 6.20 Å². The average molecular weight is 296 g/mol. The van der Waals surface area contributed by atoms with Gasteiger partial charge in [-0.3, -0.25) is 5.32 Å². The highest BCUT2D eigenvalue weighted by Crippen LogP contribution is 2.26. The van der Waals surface area contributed by atoms with Crippen molar-refractivity contribution in [3.63, 3.8) is 0 Å². The molecule has 0 fully saturated rings. The van der Waals surface area contributed by atoms with Gasteiger partial charge >= 0.3 is 6.03 Å². The third-order valence-corrected chi connectivity index (χ3v) is 4.02. The number of hydrogen-bond donors (Lipinski definition) is 2. The predicted octanol–water partition coefficient (Wildman–Crippen LogP) is 3.99. The molecule has 2 amide bonds. The Balaban J connectivity index is 1.96. The fourth-order valence-electron chi connectivity index (χ4n) is 1.59. The molecular formula is C13H14ClN3OS. The van der Waals surface area contributed by atoms with E-state index in [4.69, 9.17) is 11.6 Å². The monoisotopic (exact) mass is 295 g/mol. The Morgan fingerprint density at radius 1 is 1.42 bits per heavy atom. The predicted molar refractivity (Wildman–Crippen MR) is 78.9 cm³/mol. The van der Waals surface area contributed by atoms with Gasteiger partial charge in [-0.15, -0.1) is 11.3 Å². The van der Waals surface area contributed by atoms with E-state index in [0.717, 1.165) is 10.4 Å². The molecule has 0 aliphatic carbocycles. The van der Waals surface area contributed by atoms with Crippen LogP contribution in [0.3, 0.4) is 0 Å². The Morgan fingerprint density at radius 3 is 2.84 bits per heavy atom. The van der Waals surface area contributed by atoms with E-state index in [9.17, 15) is 4.79 Å². The number of rotatable bonds is 3. The molecule has 0 radical (unpaired) electrons. The van der Waals surface area contributed by atoms with Gasteiger partial charge in [-0.25, -0.2) is 9.78 Å². The van der Waals surface area contributed by atoms with Gasteiger partial charge in [0.25, 0.3) is 0 Å². The Labute approximate surface area is 120 Å². The smallest absolute Gasteiger partial charge is 0.320 e. The molecule has 2 N–H and O–H groups in total.